The Morgan fingerprint density at radius 2 is 1.81 bits per heavy atom. The second-order valence-corrected chi connectivity index (χ2v) is 10.2. The van der Waals surface area contributed by atoms with Gasteiger partial charge in [-0.1, -0.05) is 17.7 Å². The van der Waals surface area contributed by atoms with Gasteiger partial charge < -0.3 is 15.0 Å². The van der Waals surface area contributed by atoms with Crippen LogP contribution in [0.4, 0.5) is 11.4 Å². The van der Waals surface area contributed by atoms with Crippen molar-refractivity contribution in [1.82, 2.24) is 5.32 Å². The number of sulfonamides is 1. The standard InChI is InChI=1S/C24H31N3O4S/c1-18-7-10-21(11-8-18)32(29,30)26-22-16-19(24(28)25-17-20-6-5-15-31-20)9-12-23(22)27-13-3-2-4-14-27/h7-12,16,20,26H,2-6,13-15,17H2,1H3,(H,25,28). The van der Waals surface area contributed by atoms with E-state index in [1.807, 2.05) is 13.0 Å². The molecule has 7 nitrogen and oxygen atoms in total. The van der Waals surface area contributed by atoms with Crippen LogP contribution in [0.5, 0.6) is 0 Å². The van der Waals surface area contributed by atoms with Crippen molar-refractivity contribution in [3.05, 3.63) is 53.6 Å². The second kappa shape index (κ2) is 9.92. The summed E-state index contributed by atoms with van der Waals surface area (Å²) in [5, 5.41) is 2.91. The Kier molecular flexibility index (Phi) is 7.01. The normalized spacial score (nSPS) is 19.0. The molecule has 1 atom stereocenters. The lowest BCUT2D eigenvalue weighted by atomic mass is 10.1. The molecular formula is C24H31N3O4S. The Bertz CT molecular complexity index is 1040. The van der Waals surface area contributed by atoms with Gasteiger partial charge in [0.05, 0.1) is 22.4 Å². The first-order chi connectivity index (χ1) is 15.4. The summed E-state index contributed by atoms with van der Waals surface area (Å²) in [6.45, 7) is 4.83. The predicted molar refractivity (Wildman–Crippen MR) is 126 cm³/mol. The number of carbonyl (C=O) groups excluding carboxylic acids is 1. The van der Waals surface area contributed by atoms with Crippen molar-refractivity contribution in [1.29, 1.82) is 0 Å². The van der Waals surface area contributed by atoms with Gasteiger partial charge in [0.2, 0.25) is 0 Å². The molecule has 0 aromatic heterocycles. The molecule has 2 aliphatic heterocycles. The molecule has 2 aromatic rings. The van der Waals surface area contributed by atoms with Crippen molar-refractivity contribution < 1.29 is 17.9 Å². The summed E-state index contributed by atoms with van der Waals surface area (Å²) < 4.78 is 34.5. The van der Waals surface area contributed by atoms with E-state index in [9.17, 15) is 13.2 Å². The molecule has 0 aliphatic carbocycles. The van der Waals surface area contributed by atoms with E-state index in [0.717, 1.165) is 56.6 Å². The van der Waals surface area contributed by atoms with Crippen LogP contribution in [0.1, 0.15) is 48.0 Å². The number of carbonyl (C=O) groups is 1. The fraction of sp³-hybridized carbons (Fsp3) is 0.458. The van der Waals surface area contributed by atoms with Crippen LogP contribution in [0.2, 0.25) is 0 Å². The second-order valence-electron chi connectivity index (χ2n) is 8.54. The van der Waals surface area contributed by atoms with Gasteiger partial charge in [0.25, 0.3) is 15.9 Å². The van der Waals surface area contributed by atoms with Gasteiger partial charge >= 0.3 is 0 Å². The van der Waals surface area contributed by atoms with Crippen LogP contribution in [0.15, 0.2) is 47.4 Å². The van der Waals surface area contributed by atoms with Crippen LogP contribution in [0, 0.1) is 6.92 Å². The number of hydrogen-bond acceptors (Lipinski definition) is 5. The number of hydrogen-bond donors (Lipinski definition) is 2. The van der Waals surface area contributed by atoms with Crippen LogP contribution < -0.4 is 14.9 Å². The summed E-state index contributed by atoms with van der Waals surface area (Å²) in [4.78, 5) is 15.1. The van der Waals surface area contributed by atoms with Gasteiger partial charge in [-0.05, 0) is 69.4 Å². The molecule has 0 bridgehead atoms. The van der Waals surface area contributed by atoms with Gasteiger partial charge in [0.15, 0.2) is 0 Å². The Morgan fingerprint density at radius 3 is 2.50 bits per heavy atom. The number of piperidine rings is 1. The lowest BCUT2D eigenvalue weighted by molar-refractivity contribution is 0.0858. The molecule has 2 heterocycles. The molecule has 0 saturated carbocycles. The molecule has 1 unspecified atom stereocenters. The number of nitrogens with one attached hydrogen (secondary N) is 2. The minimum absolute atomic E-state index is 0.0473. The SMILES string of the molecule is Cc1ccc(S(=O)(=O)Nc2cc(C(=O)NCC3CCCO3)ccc2N2CCCCC2)cc1. The van der Waals surface area contributed by atoms with E-state index in [1.165, 1.54) is 6.42 Å². The van der Waals surface area contributed by atoms with Gasteiger partial charge in [0, 0.05) is 31.8 Å². The van der Waals surface area contributed by atoms with Crippen molar-refractivity contribution >= 4 is 27.3 Å². The quantitative estimate of drug-likeness (QED) is 0.662. The highest BCUT2D eigenvalue weighted by Gasteiger charge is 2.22. The molecule has 172 valence electrons. The van der Waals surface area contributed by atoms with E-state index in [2.05, 4.69) is 14.9 Å². The van der Waals surface area contributed by atoms with Crippen molar-refractivity contribution in [3.63, 3.8) is 0 Å². The maximum Gasteiger partial charge on any atom is 0.261 e. The van der Waals surface area contributed by atoms with E-state index < -0.39 is 10.0 Å². The van der Waals surface area contributed by atoms with Gasteiger partial charge in [-0.15, -0.1) is 0 Å². The minimum atomic E-state index is -3.79. The number of amides is 1. The van der Waals surface area contributed by atoms with Crippen LogP contribution in [0.25, 0.3) is 0 Å². The zero-order chi connectivity index (χ0) is 22.6. The Hall–Kier alpha value is -2.58. The van der Waals surface area contributed by atoms with E-state index in [-0.39, 0.29) is 16.9 Å². The number of anilines is 2. The van der Waals surface area contributed by atoms with E-state index >= 15 is 0 Å². The van der Waals surface area contributed by atoms with E-state index in [4.69, 9.17) is 4.74 Å². The minimum Gasteiger partial charge on any atom is -0.376 e. The molecule has 32 heavy (non-hydrogen) atoms. The molecule has 4 rings (SSSR count). The molecule has 0 radical (unpaired) electrons. The van der Waals surface area contributed by atoms with Crippen molar-refractivity contribution in [3.8, 4) is 0 Å². The summed E-state index contributed by atoms with van der Waals surface area (Å²) in [6, 6.07) is 12.0. The smallest absolute Gasteiger partial charge is 0.261 e. The summed E-state index contributed by atoms with van der Waals surface area (Å²) in [5.74, 6) is -0.235. The molecule has 0 spiro atoms. The zero-order valence-electron chi connectivity index (χ0n) is 18.5. The number of nitrogens with zero attached hydrogens (tertiary/aromatic N) is 1. The average Bonchev–Trinajstić information content (AvgIpc) is 3.32. The van der Waals surface area contributed by atoms with E-state index in [0.29, 0.717) is 17.8 Å². The summed E-state index contributed by atoms with van der Waals surface area (Å²) in [5.41, 5.74) is 2.64. The Morgan fingerprint density at radius 1 is 1.06 bits per heavy atom. The zero-order valence-corrected chi connectivity index (χ0v) is 19.3. The molecule has 2 N–H and O–H groups in total. The molecule has 1 amide bonds. The predicted octanol–water partition coefficient (Wildman–Crippen LogP) is 3.69. The monoisotopic (exact) mass is 457 g/mol. The van der Waals surface area contributed by atoms with Crippen LogP contribution in [0.3, 0.4) is 0 Å². The Labute approximate surface area is 190 Å². The van der Waals surface area contributed by atoms with Gasteiger partial charge in [-0.25, -0.2) is 8.42 Å². The number of rotatable bonds is 7. The lowest BCUT2D eigenvalue weighted by Crippen LogP contribution is -2.32. The molecule has 2 aromatic carbocycles. The summed E-state index contributed by atoms with van der Waals surface area (Å²) in [6.07, 6.45) is 5.30. The van der Waals surface area contributed by atoms with E-state index in [1.54, 1.807) is 36.4 Å². The average molecular weight is 458 g/mol. The van der Waals surface area contributed by atoms with Gasteiger partial charge in [0.1, 0.15) is 0 Å². The highest BCUT2D eigenvalue weighted by atomic mass is 32.2. The fourth-order valence-corrected chi connectivity index (χ4v) is 5.27. The van der Waals surface area contributed by atoms with Crippen LogP contribution in [-0.2, 0) is 14.8 Å². The molecule has 2 fully saturated rings. The molecule has 2 aliphatic rings. The van der Waals surface area contributed by atoms with Crippen molar-refractivity contribution in [2.24, 2.45) is 0 Å². The highest BCUT2D eigenvalue weighted by Crippen LogP contribution is 2.31. The highest BCUT2D eigenvalue weighted by molar-refractivity contribution is 7.92. The van der Waals surface area contributed by atoms with Crippen molar-refractivity contribution in [2.45, 2.75) is 50.0 Å². The summed E-state index contributed by atoms with van der Waals surface area (Å²) in [7, 11) is -3.79. The largest absolute Gasteiger partial charge is 0.376 e. The first-order valence-corrected chi connectivity index (χ1v) is 12.8. The van der Waals surface area contributed by atoms with Gasteiger partial charge in [-0.2, -0.15) is 0 Å². The third-order valence-corrected chi connectivity index (χ3v) is 7.43. The van der Waals surface area contributed by atoms with Crippen LogP contribution >= 0.6 is 0 Å². The number of aryl methyl sites for hydroxylation is 1. The number of benzene rings is 2. The van der Waals surface area contributed by atoms with Crippen molar-refractivity contribution in [2.75, 3.05) is 35.9 Å². The maximum atomic E-state index is 13.1. The third kappa shape index (κ3) is 5.42. The molecule has 8 heteroatoms. The number of ether oxygens (including phenoxy) is 1. The van der Waals surface area contributed by atoms with Crippen LogP contribution in [-0.4, -0.2) is 46.7 Å². The molecular weight excluding hydrogens is 426 g/mol. The molecule has 2 saturated heterocycles. The topological polar surface area (TPSA) is 87.7 Å². The Balaban J connectivity index is 1.59. The summed E-state index contributed by atoms with van der Waals surface area (Å²) >= 11 is 0. The van der Waals surface area contributed by atoms with Gasteiger partial charge in [-0.3, -0.25) is 9.52 Å². The lowest BCUT2D eigenvalue weighted by Gasteiger charge is -2.31. The maximum absolute atomic E-state index is 13.1. The third-order valence-electron chi connectivity index (χ3n) is 6.05. The first-order valence-electron chi connectivity index (χ1n) is 11.3. The fourth-order valence-electron chi connectivity index (χ4n) is 4.20. The first kappa shape index (κ1) is 22.6.